The van der Waals surface area contributed by atoms with Crippen LogP contribution < -0.4 is 10.6 Å². The smallest absolute Gasteiger partial charge is 0.325 e. The van der Waals surface area contributed by atoms with Gasteiger partial charge in [0, 0.05) is 5.69 Å². The molecule has 2 N–H and O–H groups in total. The fraction of sp³-hybridized carbons (Fsp3) is 0.318. The fourth-order valence-corrected chi connectivity index (χ4v) is 3.22. The Bertz CT molecular complexity index is 949. The van der Waals surface area contributed by atoms with Crippen molar-refractivity contribution in [2.45, 2.75) is 38.6 Å². The third-order valence-corrected chi connectivity index (χ3v) is 5.03. The fourth-order valence-electron chi connectivity index (χ4n) is 3.22. The first-order valence-electron chi connectivity index (χ1n) is 9.31. The zero-order valence-corrected chi connectivity index (χ0v) is 16.9. The van der Waals surface area contributed by atoms with Crippen LogP contribution in [0.15, 0.2) is 48.5 Å². The average Bonchev–Trinajstić information content (AvgIpc) is 2.86. The molecule has 0 bridgehead atoms. The Hall–Kier alpha value is -3.22. The van der Waals surface area contributed by atoms with Gasteiger partial charge in [-0.3, -0.25) is 14.5 Å². The van der Waals surface area contributed by atoms with Crippen molar-refractivity contribution in [3.63, 3.8) is 0 Å². The Kier molecular flexibility index (Phi) is 5.17. The maximum absolute atomic E-state index is 13.2. The molecule has 1 saturated heterocycles. The number of imide groups is 1. The van der Waals surface area contributed by atoms with Crippen molar-refractivity contribution in [1.29, 1.82) is 0 Å². The molecule has 0 aliphatic carbocycles. The molecule has 0 spiro atoms. The van der Waals surface area contributed by atoms with Gasteiger partial charge in [0.15, 0.2) is 0 Å². The number of nitrogens with one attached hydrogen (secondary N) is 2. The summed E-state index contributed by atoms with van der Waals surface area (Å²) < 4.78 is 13.2. The minimum atomic E-state index is -1.35. The Morgan fingerprint density at radius 3 is 2.21 bits per heavy atom. The molecular weight excluding hydrogens is 373 g/mol. The molecule has 152 valence electrons. The van der Waals surface area contributed by atoms with Gasteiger partial charge in [0.2, 0.25) is 5.91 Å². The van der Waals surface area contributed by atoms with Crippen LogP contribution >= 0.6 is 0 Å². The van der Waals surface area contributed by atoms with Crippen molar-refractivity contribution < 1.29 is 18.8 Å². The quantitative estimate of drug-likeness (QED) is 0.775. The molecule has 4 amide bonds. The molecule has 1 aliphatic rings. The molecule has 0 aromatic heterocycles. The third kappa shape index (κ3) is 4.13. The molecule has 1 atom stereocenters. The van der Waals surface area contributed by atoms with Gasteiger partial charge in [0.25, 0.3) is 5.91 Å². The van der Waals surface area contributed by atoms with Crippen LogP contribution in [0.3, 0.4) is 0 Å². The van der Waals surface area contributed by atoms with E-state index < -0.39 is 35.7 Å². The molecule has 1 unspecified atom stereocenters. The number of amides is 4. The minimum Gasteiger partial charge on any atom is -0.325 e. The van der Waals surface area contributed by atoms with E-state index in [9.17, 15) is 18.8 Å². The predicted octanol–water partition coefficient (Wildman–Crippen LogP) is 3.53. The number of rotatable bonds is 4. The average molecular weight is 397 g/mol. The summed E-state index contributed by atoms with van der Waals surface area (Å²) in [6, 6.07) is 12.1. The van der Waals surface area contributed by atoms with Crippen molar-refractivity contribution in [2.75, 3.05) is 11.9 Å². The van der Waals surface area contributed by atoms with Crippen LogP contribution in [0.4, 0.5) is 14.9 Å². The van der Waals surface area contributed by atoms with Gasteiger partial charge < -0.3 is 10.6 Å². The van der Waals surface area contributed by atoms with E-state index in [-0.39, 0.29) is 5.41 Å². The van der Waals surface area contributed by atoms with Gasteiger partial charge in [0.1, 0.15) is 17.9 Å². The summed E-state index contributed by atoms with van der Waals surface area (Å²) in [5.74, 6) is -1.49. The standard InChI is InChI=1S/C22H24FN3O3/c1-21(2,3)14-7-11-17(12-8-14)24-18(27)13-26-19(28)22(4,25-20(26)29)15-5-9-16(23)10-6-15/h5-12H,13H2,1-4H3,(H,24,27)(H,25,29). The molecule has 6 nitrogen and oxygen atoms in total. The van der Waals surface area contributed by atoms with E-state index >= 15 is 0 Å². The van der Waals surface area contributed by atoms with E-state index in [4.69, 9.17) is 0 Å². The second-order valence-electron chi connectivity index (χ2n) is 8.33. The SMILES string of the molecule is CC(C)(C)c1ccc(NC(=O)CN2C(=O)NC(C)(c3ccc(F)cc3)C2=O)cc1. The number of hydrogen-bond acceptors (Lipinski definition) is 3. The molecule has 1 fully saturated rings. The highest BCUT2D eigenvalue weighted by Gasteiger charge is 2.49. The second-order valence-corrected chi connectivity index (χ2v) is 8.33. The normalized spacial score (nSPS) is 19.3. The summed E-state index contributed by atoms with van der Waals surface area (Å²) in [6.07, 6.45) is 0. The highest BCUT2D eigenvalue weighted by atomic mass is 19.1. The first kappa shape index (κ1) is 20.5. The lowest BCUT2D eigenvalue weighted by Crippen LogP contribution is -2.42. The Morgan fingerprint density at radius 1 is 1.07 bits per heavy atom. The van der Waals surface area contributed by atoms with E-state index in [1.54, 1.807) is 12.1 Å². The highest BCUT2D eigenvalue weighted by molar-refractivity contribution is 6.10. The van der Waals surface area contributed by atoms with Gasteiger partial charge in [-0.2, -0.15) is 0 Å². The topological polar surface area (TPSA) is 78.5 Å². The van der Waals surface area contributed by atoms with E-state index in [1.807, 2.05) is 12.1 Å². The molecule has 7 heteroatoms. The number of carbonyl (C=O) groups is 3. The summed E-state index contributed by atoms with van der Waals surface area (Å²) in [5.41, 5.74) is 0.793. The number of carbonyl (C=O) groups excluding carboxylic acids is 3. The van der Waals surface area contributed by atoms with Gasteiger partial charge >= 0.3 is 6.03 Å². The zero-order valence-electron chi connectivity index (χ0n) is 16.9. The Labute approximate surface area is 169 Å². The van der Waals surface area contributed by atoms with E-state index in [1.165, 1.54) is 31.2 Å². The van der Waals surface area contributed by atoms with Crippen LogP contribution in [-0.4, -0.2) is 29.3 Å². The largest absolute Gasteiger partial charge is 0.325 e. The van der Waals surface area contributed by atoms with Crippen LogP contribution in [0.5, 0.6) is 0 Å². The molecule has 2 aromatic rings. The summed E-state index contributed by atoms with van der Waals surface area (Å²) >= 11 is 0. The lowest BCUT2D eigenvalue weighted by atomic mass is 9.87. The Balaban J connectivity index is 1.69. The monoisotopic (exact) mass is 397 g/mol. The van der Waals surface area contributed by atoms with Crippen LogP contribution in [0.1, 0.15) is 38.8 Å². The molecule has 1 heterocycles. The van der Waals surface area contributed by atoms with Gasteiger partial charge in [0.05, 0.1) is 0 Å². The maximum atomic E-state index is 13.2. The molecular formula is C22H24FN3O3. The minimum absolute atomic E-state index is 0.00654. The number of hydrogen-bond donors (Lipinski definition) is 2. The Morgan fingerprint density at radius 2 is 1.66 bits per heavy atom. The number of halogens is 1. The van der Waals surface area contributed by atoms with Gasteiger partial charge in [-0.15, -0.1) is 0 Å². The van der Waals surface area contributed by atoms with Crippen molar-refractivity contribution in [3.05, 3.63) is 65.5 Å². The molecule has 0 saturated carbocycles. The first-order chi connectivity index (χ1) is 13.5. The van der Waals surface area contributed by atoms with Crippen molar-refractivity contribution in [1.82, 2.24) is 10.2 Å². The predicted molar refractivity (Wildman–Crippen MR) is 108 cm³/mol. The van der Waals surface area contributed by atoms with E-state index in [2.05, 4.69) is 31.4 Å². The second kappa shape index (κ2) is 7.31. The summed E-state index contributed by atoms with van der Waals surface area (Å²) in [4.78, 5) is 38.4. The maximum Gasteiger partial charge on any atom is 0.325 e. The number of nitrogens with zero attached hydrogens (tertiary/aromatic N) is 1. The summed E-state index contributed by atoms with van der Waals surface area (Å²) in [6.45, 7) is 7.40. The van der Waals surface area contributed by atoms with Crippen LogP contribution in [-0.2, 0) is 20.5 Å². The number of benzene rings is 2. The first-order valence-corrected chi connectivity index (χ1v) is 9.31. The van der Waals surface area contributed by atoms with Crippen molar-refractivity contribution in [2.24, 2.45) is 0 Å². The highest BCUT2D eigenvalue weighted by Crippen LogP contribution is 2.29. The molecule has 3 rings (SSSR count). The van der Waals surface area contributed by atoms with Crippen LogP contribution in [0, 0.1) is 5.82 Å². The van der Waals surface area contributed by atoms with E-state index in [0.717, 1.165) is 10.5 Å². The van der Waals surface area contributed by atoms with Crippen molar-refractivity contribution in [3.8, 4) is 0 Å². The molecule has 1 aliphatic heterocycles. The zero-order chi connectivity index (χ0) is 21.4. The lowest BCUT2D eigenvalue weighted by molar-refractivity contribution is -0.133. The molecule has 0 radical (unpaired) electrons. The number of anilines is 1. The summed E-state index contributed by atoms with van der Waals surface area (Å²) in [7, 11) is 0. The van der Waals surface area contributed by atoms with Gasteiger partial charge in [-0.05, 0) is 47.7 Å². The van der Waals surface area contributed by atoms with Crippen LogP contribution in [0.25, 0.3) is 0 Å². The van der Waals surface area contributed by atoms with Gasteiger partial charge in [-0.1, -0.05) is 45.0 Å². The van der Waals surface area contributed by atoms with E-state index in [0.29, 0.717) is 11.3 Å². The lowest BCUT2D eigenvalue weighted by Gasteiger charge is -2.22. The number of urea groups is 1. The van der Waals surface area contributed by atoms with Gasteiger partial charge in [-0.25, -0.2) is 9.18 Å². The van der Waals surface area contributed by atoms with Crippen LogP contribution in [0.2, 0.25) is 0 Å². The molecule has 2 aromatic carbocycles. The van der Waals surface area contributed by atoms with Crippen molar-refractivity contribution >= 4 is 23.5 Å². The molecule has 29 heavy (non-hydrogen) atoms. The third-order valence-electron chi connectivity index (χ3n) is 5.03. The summed E-state index contributed by atoms with van der Waals surface area (Å²) in [5, 5.41) is 5.29.